The summed E-state index contributed by atoms with van der Waals surface area (Å²) in [5.41, 5.74) is -1.03. The second kappa shape index (κ2) is 11.1. The van der Waals surface area contributed by atoms with Crippen LogP contribution in [0.1, 0.15) is 48.0 Å². The van der Waals surface area contributed by atoms with Crippen LogP contribution in [-0.2, 0) is 11.0 Å². The summed E-state index contributed by atoms with van der Waals surface area (Å²) in [5, 5.41) is 5.34. The van der Waals surface area contributed by atoms with Gasteiger partial charge in [0.25, 0.3) is 5.91 Å². The van der Waals surface area contributed by atoms with Gasteiger partial charge >= 0.3 is 6.18 Å². The zero-order valence-corrected chi connectivity index (χ0v) is 19.4. The van der Waals surface area contributed by atoms with Gasteiger partial charge in [-0.25, -0.2) is 0 Å². The highest BCUT2D eigenvalue weighted by atomic mass is 19.4. The fourth-order valence-corrected chi connectivity index (χ4v) is 4.83. The number of alkyl halides is 3. The van der Waals surface area contributed by atoms with Crippen LogP contribution in [0.4, 0.5) is 13.2 Å². The Balaban J connectivity index is 1.17. The standard InChI is InChI=1S/C26H30F3N3O3/c27-26(28,29)19-6-4-5-18(15-19)25(34)30-16-24(33)31-20-13-14-32(17-20)21-9-11-23(12-10-21)35-22-7-2-1-3-8-22/h1-8,15,20-21,23H,9-14,16-17H2,(H,30,34)(H,31,33). The minimum Gasteiger partial charge on any atom is -0.490 e. The largest absolute Gasteiger partial charge is 0.490 e. The van der Waals surface area contributed by atoms with Crippen molar-refractivity contribution in [3.05, 3.63) is 65.7 Å². The van der Waals surface area contributed by atoms with Crippen molar-refractivity contribution in [2.75, 3.05) is 19.6 Å². The van der Waals surface area contributed by atoms with E-state index in [2.05, 4.69) is 15.5 Å². The summed E-state index contributed by atoms with van der Waals surface area (Å²) in [5.74, 6) is -0.161. The zero-order chi connectivity index (χ0) is 24.8. The molecule has 0 aromatic heterocycles. The van der Waals surface area contributed by atoms with Crippen molar-refractivity contribution >= 4 is 11.8 Å². The maximum absolute atomic E-state index is 12.8. The molecule has 0 spiro atoms. The van der Waals surface area contributed by atoms with Crippen LogP contribution in [0.15, 0.2) is 54.6 Å². The van der Waals surface area contributed by atoms with Gasteiger partial charge in [-0.2, -0.15) is 13.2 Å². The van der Waals surface area contributed by atoms with Crippen molar-refractivity contribution in [2.24, 2.45) is 0 Å². The number of nitrogens with one attached hydrogen (secondary N) is 2. The number of hydrogen-bond acceptors (Lipinski definition) is 4. The molecular formula is C26H30F3N3O3. The van der Waals surface area contributed by atoms with E-state index in [0.29, 0.717) is 6.04 Å². The Kier molecular flexibility index (Phi) is 7.95. The highest BCUT2D eigenvalue weighted by Gasteiger charge is 2.33. The first-order chi connectivity index (χ1) is 16.8. The molecular weight excluding hydrogens is 459 g/mol. The molecule has 0 radical (unpaired) electrons. The van der Waals surface area contributed by atoms with Crippen LogP contribution in [0, 0.1) is 0 Å². The number of nitrogens with zero attached hydrogens (tertiary/aromatic N) is 1. The Morgan fingerprint density at radius 3 is 2.43 bits per heavy atom. The number of hydrogen-bond donors (Lipinski definition) is 2. The minimum absolute atomic E-state index is 0.00810. The van der Waals surface area contributed by atoms with Gasteiger partial charge in [0.05, 0.1) is 18.2 Å². The van der Waals surface area contributed by atoms with E-state index in [9.17, 15) is 22.8 Å². The third-order valence-corrected chi connectivity index (χ3v) is 6.65. The maximum Gasteiger partial charge on any atom is 0.416 e. The lowest BCUT2D eigenvalue weighted by Crippen LogP contribution is -2.44. The van der Waals surface area contributed by atoms with Crippen LogP contribution in [0.5, 0.6) is 5.75 Å². The van der Waals surface area contributed by atoms with Gasteiger partial charge in [-0.1, -0.05) is 24.3 Å². The molecule has 2 aromatic carbocycles. The highest BCUT2D eigenvalue weighted by Crippen LogP contribution is 2.30. The number of para-hydroxylation sites is 1. The first-order valence-corrected chi connectivity index (χ1v) is 12.0. The molecule has 1 saturated carbocycles. The molecule has 0 bridgehead atoms. The molecule has 2 fully saturated rings. The average Bonchev–Trinajstić information content (AvgIpc) is 3.31. The highest BCUT2D eigenvalue weighted by molar-refractivity contribution is 5.96. The predicted molar refractivity (Wildman–Crippen MR) is 125 cm³/mol. The molecule has 9 heteroatoms. The molecule has 1 heterocycles. The summed E-state index contributed by atoms with van der Waals surface area (Å²) in [4.78, 5) is 26.9. The number of ether oxygens (including phenoxy) is 1. The lowest BCUT2D eigenvalue weighted by Gasteiger charge is -2.34. The van der Waals surface area contributed by atoms with Crippen molar-refractivity contribution in [1.82, 2.24) is 15.5 Å². The molecule has 2 aliphatic rings. The summed E-state index contributed by atoms with van der Waals surface area (Å²) in [6.45, 7) is 1.37. The molecule has 2 N–H and O–H groups in total. The Hall–Kier alpha value is -3.07. The van der Waals surface area contributed by atoms with E-state index in [-0.39, 0.29) is 30.2 Å². The Bertz CT molecular complexity index is 1010. The monoisotopic (exact) mass is 489 g/mol. The Morgan fingerprint density at radius 1 is 0.971 bits per heavy atom. The van der Waals surface area contributed by atoms with Crippen LogP contribution in [0.25, 0.3) is 0 Å². The zero-order valence-electron chi connectivity index (χ0n) is 19.4. The van der Waals surface area contributed by atoms with E-state index in [1.165, 1.54) is 12.1 Å². The van der Waals surface area contributed by atoms with Crippen molar-refractivity contribution in [3.8, 4) is 5.75 Å². The summed E-state index contributed by atoms with van der Waals surface area (Å²) < 4.78 is 44.6. The van der Waals surface area contributed by atoms with Gasteiger partial charge in [0, 0.05) is 30.7 Å². The van der Waals surface area contributed by atoms with Gasteiger partial charge in [0.2, 0.25) is 5.91 Å². The first kappa shape index (κ1) is 25.0. The lowest BCUT2D eigenvalue weighted by molar-refractivity contribution is -0.137. The van der Waals surface area contributed by atoms with Gasteiger partial charge < -0.3 is 15.4 Å². The van der Waals surface area contributed by atoms with Crippen LogP contribution >= 0.6 is 0 Å². The Morgan fingerprint density at radius 2 is 1.71 bits per heavy atom. The number of amides is 2. The van der Waals surface area contributed by atoms with E-state index < -0.39 is 17.6 Å². The lowest BCUT2D eigenvalue weighted by atomic mass is 9.92. The van der Waals surface area contributed by atoms with Gasteiger partial charge in [0.15, 0.2) is 0 Å². The minimum atomic E-state index is -4.53. The van der Waals surface area contributed by atoms with Gasteiger partial charge in [0.1, 0.15) is 5.75 Å². The van der Waals surface area contributed by atoms with E-state index in [1.807, 2.05) is 30.3 Å². The number of carbonyl (C=O) groups excluding carboxylic acids is 2. The van der Waals surface area contributed by atoms with Crippen molar-refractivity contribution in [3.63, 3.8) is 0 Å². The summed E-state index contributed by atoms with van der Waals surface area (Å²) in [6.07, 6.45) is 0.608. The van der Waals surface area contributed by atoms with Crippen LogP contribution < -0.4 is 15.4 Å². The predicted octanol–water partition coefficient (Wildman–Crippen LogP) is 4.02. The second-order valence-electron chi connectivity index (χ2n) is 9.17. The van der Waals surface area contributed by atoms with Gasteiger partial charge in [-0.05, 0) is 62.4 Å². The molecule has 2 amide bonds. The average molecular weight is 490 g/mol. The fraction of sp³-hybridized carbons (Fsp3) is 0.462. The molecule has 4 rings (SSSR count). The van der Waals surface area contributed by atoms with E-state index in [0.717, 1.165) is 63.1 Å². The SMILES string of the molecule is O=C(CNC(=O)c1cccc(C(F)(F)F)c1)NC1CCN(C2CCC(Oc3ccccc3)CC2)C1. The third kappa shape index (κ3) is 6.97. The van der Waals surface area contributed by atoms with Crippen LogP contribution in [0.2, 0.25) is 0 Å². The molecule has 1 unspecified atom stereocenters. The summed E-state index contributed by atoms with van der Waals surface area (Å²) in [6, 6.07) is 14.5. The molecule has 6 nitrogen and oxygen atoms in total. The van der Waals surface area contributed by atoms with Crippen molar-refractivity contribution in [1.29, 1.82) is 0 Å². The number of halogens is 3. The first-order valence-electron chi connectivity index (χ1n) is 12.0. The normalized spacial score (nSPS) is 23.0. The molecule has 35 heavy (non-hydrogen) atoms. The van der Waals surface area contributed by atoms with E-state index >= 15 is 0 Å². The molecule has 2 aromatic rings. The third-order valence-electron chi connectivity index (χ3n) is 6.65. The van der Waals surface area contributed by atoms with Crippen LogP contribution in [0.3, 0.4) is 0 Å². The van der Waals surface area contributed by atoms with E-state index in [1.54, 1.807) is 0 Å². The quantitative estimate of drug-likeness (QED) is 0.617. The number of carbonyl (C=O) groups is 2. The molecule has 1 aliphatic heterocycles. The number of rotatable bonds is 7. The smallest absolute Gasteiger partial charge is 0.416 e. The maximum atomic E-state index is 12.8. The van der Waals surface area contributed by atoms with E-state index in [4.69, 9.17) is 4.74 Å². The van der Waals surface area contributed by atoms with Gasteiger partial charge in [-0.15, -0.1) is 0 Å². The summed E-state index contributed by atoms with van der Waals surface area (Å²) in [7, 11) is 0. The fourth-order valence-electron chi connectivity index (χ4n) is 4.83. The van der Waals surface area contributed by atoms with Gasteiger partial charge in [-0.3, -0.25) is 14.5 Å². The Labute approximate surface area is 202 Å². The number of benzene rings is 2. The topological polar surface area (TPSA) is 70.7 Å². The number of likely N-dealkylation sites (tertiary alicyclic amines) is 1. The van der Waals surface area contributed by atoms with Crippen LogP contribution in [-0.4, -0.2) is 54.5 Å². The molecule has 1 atom stereocenters. The second-order valence-corrected chi connectivity index (χ2v) is 9.17. The van der Waals surface area contributed by atoms with Crippen molar-refractivity contribution < 1.29 is 27.5 Å². The van der Waals surface area contributed by atoms with Crippen molar-refractivity contribution in [2.45, 2.75) is 56.5 Å². The molecule has 1 saturated heterocycles. The molecule has 1 aliphatic carbocycles. The molecule has 188 valence electrons. The summed E-state index contributed by atoms with van der Waals surface area (Å²) >= 11 is 0.